The smallest absolute Gasteiger partial charge is 0.239 e. The molecule has 2 aromatic rings. The molecule has 1 aliphatic rings. The van der Waals surface area contributed by atoms with Crippen molar-refractivity contribution in [2.75, 3.05) is 22.5 Å². The summed E-state index contributed by atoms with van der Waals surface area (Å²) < 4.78 is 0. The lowest BCUT2D eigenvalue weighted by molar-refractivity contribution is -0.117. The SMILES string of the molecule is Cc1ccc(NC(=O)CSC(C)C(=O)N2CCCc3cc(C)ccc32)cc1. The van der Waals surface area contributed by atoms with Crippen LogP contribution in [0.5, 0.6) is 0 Å². The van der Waals surface area contributed by atoms with E-state index in [-0.39, 0.29) is 22.8 Å². The molecule has 0 aromatic heterocycles. The maximum absolute atomic E-state index is 12.9. The summed E-state index contributed by atoms with van der Waals surface area (Å²) in [5, 5.41) is 2.62. The van der Waals surface area contributed by atoms with Crippen molar-refractivity contribution in [3.63, 3.8) is 0 Å². The molecule has 0 saturated heterocycles. The minimum Gasteiger partial charge on any atom is -0.325 e. The average Bonchev–Trinajstić information content (AvgIpc) is 2.66. The molecule has 1 atom stereocenters. The van der Waals surface area contributed by atoms with E-state index in [9.17, 15) is 9.59 Å². The Morgan fingerprint density at radius 1 is 1.11 bits per heavy atom. The molecule has 1 heterocycles. The van der Waals surface area contributed by atoms with Crippen molar-refractivity contribution in [2.45, 2.75) is 38.9 Å². The fourth-order valence-electron chi connectivity index (χ4n) is 3.28. The van der Waals surface area contributed by atoms with Gasteiger partial charge < -0.3 is 10.2 Å². The number of hydrogen-bond acceptors (Lipinski definition) is 3. The largest absolute Gasteiger partial charge is 0.325 e. The van der Waals surface area contributed by atoms with Gasteiger partial charge in [0.15, 0.2) is 0 Å². The fraction of sp³-hybridized carbons (Fsp3) is 0.364. The van der Waals surface area contributed by atoms with Crippen molar-refractivity contribution in [1.82, 2.24) is 0 Å². The predicted molar refractivity (Wildman–Crippen MR) is 114 cm³/mol. The summed E-state index contributed by atoms with van der Waals surface area (Å²) >= 11 is 1.38. The fourth-order valence-corrected chi connectivity index (χ4v) is 4.02. The number of anilines is 2. The van der Waals surface area contributed by atoms with E-state index in [0.717, 1.165) is 36.3 Å². The minimum absolute atomic E-state index is 0.0768. The van der Waals surface area contributed by atoms with Crippen molar-refractivity contribution >= 4 is 35.0 Å². The quantitative estimate of drug-likeness (QED) is 0.837. The Bertz CT molecular complexity index is 833. The molecule has 0 spiro atoms. The predicted octanol–water partition coefficient (Wildman–Crippen LogP) is 4.34. The molecule has 1 aliphatic heterocycles. The zero-order chi connectivity index (χ0) is 19.4. The number of carbonyl (C=O) groups is 2. The van der Waals surface area contributed by atoms with Crippen molar-refractivity contribution < 1.29 is 9.59 Å². The highest BCUT2D eigenvalue weighted by Crippen LogP contribution is 2.30. The van der Waals surface area contributed by atoms with E-state index in [1.165, 1.54) is 22.9 Å². The first-order valence-electron chi connectivity index (χ1n) is 9.33. The highest BCUT2D eigenvalue weighted by Gasteiger charge is 2.27. The number of fused-ring (bicyclic) bond motifs is 1. The van der Waals surface area contributed by atoms with E-state index >= 15 is 0 Å². The molecule has 4 nitrogen and oxygen atoms in total. The summed E-state index contributed by atoms with van der Waals surface area (Å²) in [4.78, 5) is 27.0. The van der Waals surface area contributed by atoms with Crippen LogP contribution >= 0.6 is 11.8 Å². The van der Waals surface area contributed by atoms with Crippen molar-refractivity contribution in [2.24, 2.45) is 0 Å². The number of aryl methyl sites for hydroxylation is 3. The maximum atomic E-state index is 12.9. The van der Waals surface area contributed by atoms with E-state index in [0.29, 0.717) is 0 Å². The summed E-state index contributed by atoms with van der Waals surface area (Å²) in [6.45, 7) is 6.71. The first-order chi connectivity index (χ1) is 12.9. The Labute approximate surface area is 165 Å². The van der Waals surface area contributed by atoms with Gasteiger partial charge in [0.1, 0.15) is 0 Å². The molecule has 142 valence electrons. The molecule has 3 rings (SSSR count). The molecule has 0 saturated carbocycles. The molecule has 2 aromatic carbocycles. The number of carbonyl (C=O) groups excluding carboxylic acids is 2. The Hall–Kier alpha value is -2.27. The van der Waals surface area contributed by atoms with E-state index in [2.05, 4.69) is 24.4 Å². The summed E-state index contributed by atoms with van der Waals surface area (Å²) in [5.41, 5.74) is 5.42. The molecule has 5 heteroatoms. The molecule has 0 fully saturated rings. The Kier molecular flexibility index (Phi) is 6.22. The van der Waals surface area contributed by atoms with Gasteiger partial charge in [0.25, 0.3) is 0 Å². The van der Waals surface area contributed by atoms with Gasteiger partial charge in [-0.1, -0.05) is 35.4 Å². The molecule has 0 bridgehead atoms. The molecule has 1 N–H and O–H groups in total. The second-order valence-electron chi connectivity index (χ2n) is 7.09. The van der Waals surface area contributed by atoms with Crippen molar-refractivity contribution in [3.05, 3.63) is 59.2 Å². The molecular weight excluding hydrogens is 356 g/mol. The van der Waals surface area contributed by atoms with Gasteiger partial charge in [0, 0.05) is 17.9 Å². The molecule has 2 amide bonds. The van der Waals surface area contributed by atoms with Gasteiger partial charge in [-0.05, 0) is 57.4 Å². The van der Waals surface area contributed by atoms with Crippen LogP contribution < -0.4 is 10.2 Å². The van der Waals surface area contributed by atoms with Gasteiger partial charge in [-0.2, -0.15) is 0 Å². The van der Waals surface area contributed by atoms with Crippen LogP contribution in [0.3, 0.4) is 0 Å². The third-order valence-corrected chi connectivity index (χ3v) is 5.90. The van der Waals surface area contributed by atoms with Crippen molar-refractivity contribution in [3.8, 4) is 0 Å². The summed E-state index contributed by atoms with van der Waals surface area (Å²) in [7, 11) is 0. The van der Waals surface area contributed by atoms with Crippen LogP contribution in [0.1, 0.15) is 30.0 Å². The minimum atomic E-state index is -0.263. The van der Waals surface area contributed by atoms with Crippen LogP contribution in [-0.4, -0.2) is 29.4 Å². The van der Waals surface area contributed by atoms with Gasteiger partial charge in [-0.25, -0.2) is 0 Å². The highest BCUT2D eigenvalue weighted by molar-refractivity contribution is 8.01. The molecular formula is C22H26N2O2S. The second kappa shape index (κ2) is 8.61. The Balaban J connectivity index is 1.57. The van der Waals surface area contributed by atoms with E-state index in [1.807, 2.05) is 49.1 Å². The molecule has 1 unspecified atom stereocenters. The van der Waals surface area contributed by atoms with Crippen LogP contribution in [0.4, 0.5) is 11.4 Å². The van der Waals surface area contributed by atoms with Gasteiger partial charge >= 0.3 is 0 Å². The van der Waals surface area contributed by atoms with Gasteiger partial charge in [-0.3, -0.25) is 9.59 Å². The van der Waals surface area contributed by atoms with Crippen LogP contribution in [0.25, 0.3) is 0 Å². The van der Waals surface area contributed by atoms with Crippen LogP contribution in [0, 0.1) is 13.8 Å². The number of hydrogen-bond donors (Lipinski definition) is 1. The number of nitrogens with zero attached hydrogens (tertiary/aromatic N) is 1. The normalized spacial score (nSPS) is 14.4. The third kappa shape index (κ3) is 4.92. The number of amides is 2. The standard InChI is InChI=1S/C22H26N2O2S/c1-15-6-9-19(10-7-15)23-21(25)14-27-17(3)22(26)24-12-4-5-18-13-16(2)8-11-20(18)24/h6-11,13,17H,4-5,12,14H2,1-3H3,(H,23,25). The van der Waals surface area contributed by atoms with Gasteiger partial charge in [0.2, 0.25) is 11.8 Å². The third-order valence-electron chi connectivity index (χ3n) is 4.77. The zero-order valence-electron chi connectivity index (χ0n) is 16.1. The Morgan fingerprint density at radius 2 is 1.81 bits per heavy atom. The Morgan fingerprint density at radius 3 is 2.56 bits per heavy atom. The first kappa shape index (κ1) is 19.5. The van der Waals surface area contributed by atoms with E-state index < -0.39 is 0 Å². The lowest BCUT2D eigenvalue weighted by Gasteiger charge is -2.31. The molecule has 0 radical (unpaired) electrons. The van der Waals surface area contributed by atoms with Crippen LogP contribution in [-0.2, 0) is 16.0 Å². The van der Waals surface area contributed by atoms with Crippen molar-refractivity contribution in [1.29, 1.82) is 0 Å². The number of nitrogens with one attached hydrogen (secondary N) is 1. The molecule has 27 heavy (non-hydrogen) atoms. The average molecular weight is 383 g/mol. The number of thioether (sulfide) groups is 1. The van der Waals surface area contributed by atoms with Gasteiger partial charge in [-0.15, -0.1) is 11.8 Å². The van der Waals surface area contributed by atoms with Crippen LogP contribution in [0.15, 0.2) is 42.5 Å². The summed E-state index contributed by atoms with van der Waals surface area (Å²) in [6, 6.07) is 14.0. The summed E-state index contributed by atoms with van der Waals surface area (Å²) in [5.74, 6) is 0.251. The maximum Gasteiger partial charge on any atom is 0.239 e. The second-order valence-corrected chi connectivity index (χ2v) is 8.42. The highest BCUT2D eigenvalue weighted by atomic mass is 32.2. The first-order valence-corrected chi connectivity index (χ1v) is 10.4. The zero-order valence-corrected chi connectivity index (χ0v) is 16.9. The topological polar surface area (TPSA) is 49.4 Å². The summed E-state index contributed by atoms with van der Waals surface area (Å²) in [6.07, 6.45) is 1.99. The lowest BCUT2D eigenvalue weighted by atomic mass is 9.99. The lowest BCUT2D eigenvalue weighted by Crippen LogP contribution is -2.40. The number of benzene rings is 2. The molecule has 0 aliphatic carbocycles. The van der Waals surface area contributed by atoms with E-state index in [4.69, 9.17) is 0 Å². The van der Waals surface area contributed by atoms with E-state index in [1.54, 1.807) is 0 Å². The van der Waals surface area contributed by atoms with Crippen LogP contribution in [0.2, 0.25) is 0 Å². The van der Waals surface area contributed by atoms with Gasteiger partial charge in [0.05, 0.1) is 11.0 Å². The number of rotatable bonds is 5. The monoisotopic (exact) mass is 382 g/mol.